The number of nitrogens with zero attached hydrogens (tertiary/aromatic N) is 4. The maximum Gasteiger partial charge on any atom is 0.226 e. The fraction of sp³-hybridized carbons (Fsp3) is 0.818. The molecule has 3 aliphatic rings. The van der Waals surface area contributed by atoms with E-state index in [2.05, 4.69) is 33.5 Å². The van der Waals surface area contributed by atoms with E-state index in [-0.39, 0.29) is 5.92 Å². The summed E-state index contributed by atoms with van der Waals surface area (Å²) >= 11 is 0. The zero-order valence-electron chi connectivity index (χ0n) is 17.6. The summed E-state index contributed by atoms with van der Waals surface area (Å²) in [5, 5.41) is 0. The van der Waals surface area contributed by atoms with Crippen molar-refractivity contribution < 1.29 is 9.21 Å². The Labute approximate surface area is 169 Å². The Morgan fingerprint density at radius 1 is 1.11 bits per heavy atom. The lowest BCUT2D eigenvalue weighted by Crippen LogP contribution is -2.51. The highest BCUT2D eigenvalue weighted by Crippen LogP contribution is 2.26. The lowest BCUT2D eigenvalue weighted by Gasteiger charge is -2.42. The summed E-state index contributed by atoms with van der Waals surface area (Å²) in [7, 11) is 0. The highest BCUT2D eigenvalue weighted by atomic mass is 16.3. The third-order valence-corrected chi connectivity index (χ3v) is 6.74. The summed E-state index contributed by atoms with van der Waals surface area (Å²) in [6, 6.07) is 0.633. The van der Waals surface area contributed by atoms with Crippen LogP contribution in [0.1, 0.15) is 69.9 Å². The van der Waals surface area contributed by atoms with Gasteiger partial charge in [-0.05, 0) is 45.1 Å². The molecule has 1 aromatic heterocycles. The number of aromatic nitrogens is 1. The molecule has 6 nitrogen and oxygen atoms in total. The van der Waals surface area contributed by atoms with Crippen molar-refractivity contribution in [3.63, 3.8) is 0 Å². The van der Waals surface area contributed by atoms with Gasteiger partial charge in [0.05, 0.1) is 11.6 Å². The number of carbonyl (C=O) groups excluding carboxylic acids is 1. The zero-order chi connectivity index (χ0) is 19.5. The van der Waals surface area contributed by atoms with Crippen molar-refractivity contribution in [3.05, 3.63) is 17.8 Å². The molecule has 4 rings (SSSR count). The minimum atomic E-state index is 0.231. The molecule has 0 N–H and O–H groups in total. The number of amides is 1. The average molecular weight is 389 g/mol. The number of piperidine rings is 2. The first kappa shape index (κ1) is 19.9. The van der Waals surface area contributed by atoms with E-state index in [1.807, 2.05) is 6.26 Å². The number of hydrogen-bond acceptors (Lipinski definition) is 5. The molecule has 3 fully saturated rings. The van der Waals surface area contributed by atoms with Crippen LogP contribution in [-0.4, -0.2) is 70.9 Å². The Bertz CT molecular complexity index is 645. The fourth-order valence-electron chi connectivity index (χ4n) is 5.07. The van der Waals surface area contributed by atoms with Gasteiger partial charge in [-0.2, -0.15) is 0 Å². The molecule has 1 unspecified atom stereocenters. The molecule has 1 aromatic rings. The third kappa shape index (κ3) is 4.60. The minimum absolute atomic E-state index is 0.231. The molecular weight excluding hydrogens is 352 g/mol. The predicted molar refractivity (Wildman–Crippen MR) is 109 cm³/mol. The molecule has 0 aromatic carbocycles. The monoisotopic (exact) mass is 388 g/mol. The van der Waals surface area contributed by atoms with Crippen LogP contribution in [0.15, 0.2) is 10.7 Å². The van der Waals surface area contributed by atoms with E-state index in [0.717, 1.165) is 63.8 Å². The first-order valence-electron chi connectivity index (χ1n) is 11.3. The maximum atomic E-state index is 12.8. The van der Waals surface area contributed by atoms with E-state index in [4.69, 9.17) is 4.42 Å². The molecule has 6 heteroatoms. The third-order valence-electron chi connectivity index (χ3n) is 6.74. The minimum Gasteiger partial charge on any atom is -0.448 e. The lowest BCUT2D eigenvalue weighted by molar-refractivity contribution is -0.136. The van der Waals surface area contributed by atoms with E-state index in [9.17, 15) is 4.79 Å². The Balaban J connectivity index is 1.25. The van der Waals surface area contributed by atoms with Crippen molar-refractivity contribution in [2.45, 2.75) is 70.9 Å². The molecule has 156 valence electrons. The molecule has 4 heterocycles. The summed E-state index contributed by atoms with van der Waals surface area (Å²) in [5.41, 5.74) is 1.05. The largest absolute Gasteiger partial charge is 0.448 e. The smallest absolute Gasteiger partial charge is 0.226 e. The van der Waals surface area contributed by atoms with Gasteiger partial charge in [0.2, 0.25) is 5.91 Å². The van der Waals surface area contributed by atoms with Crippen molar-refractivity contribution in [1.29, 1.82) is 0 Å². The van der Waals surface area contributed by atoms with Crippen LogP contribution in [-0.2, 0) is 11.3 Å². The summed E-state index contributed by atoms with van der Waals surface area (Å²) < 4.78 is 5.58. The van der Waals surface area contributed by atoms with Gasteiger partial charge in [-0.3, -0.25) is 14.6 Å². The van der Waals surface area contributed by atoms with Crippen LogP contribution < -0.4 is 0 Å². The molecule has 0 aliphatic carbocycles. The van der Waals surface area contributed by atoms with Gasteiger partial charge in [0, 0.05) is 51.2 Å². The van der Waals surface area contributed by atoms with Crippen LogP contribution in [0.2, 0.25) is 0 Å². The van der Waals surface area contributed by atoms with Crippen molar-refractivity contribution in [2.75, 3.05) is 39.3 Å². The maximum absolute atomic E-state index is 12.8. The van der Waals surface area contributed by atoms with Crippen molar-refractivity contribution in [2.24, 2.45) is 5.92 Å². The molecule has 3 saturated heterocycles. The van der Waals surface area contributed by atoms with Gasteiger partial charge < -0.3 is 9.32 Å². The predicted octanol–water partition coefficient (Wildman–Crippen LogP) is 3.10. The lowest BCUT2D eigenvalue weighted by atomic mass is 9.93. The first-order chi connectivity index (χ1) is 13.6. The average Bonchev–Trinajstić information content (AvgIpc) is 3.40. The van der Waals surface area contributed by atoms with Crippen molar-refractivity contribution in [3.8, 4) is 0 Å². The molecule has 0 bridgehead atoms. The van der Waals surface area contributed by atoms with E-state index in [0.29, 0.717) is 17.9 Å². The van der Waals surface area contributed by atoms with Gasteiger partial charge in [-0.25, -0.2) is 4.98 Å². The molecule has 0 spiro atoms. The van der Waals surface area contributed by atoms with Crippen molar-refractivity contribution in [1.82, 2.24) is 19.7 Å². The van der Waals surface area contributed by atoms with Gasteiger partial charge in [0.25, 0.3) is 0 Å². The van der Waals surface area contributed by atoms with Gasteiger partial charge in [-0.15, -0.1) is 0 Å². The first-order valence-corrected chi connectivity index (χ1v) is 11.3. The van der Waals surface area contributed by atoms with E-state index >= 15 is 0 Å². The number of carbonyl (C=O) groups is 1. The van der Waals surface area contributed by atoms with Crippen molar-refractivity contribution >= 4 is 5.91 Å². The Morgan fingerprint density at radius 2 is 1.86 bits per heavy atom. The summed E-state index contributed by atoms with van der Waals surface area (Å²) in [6.45, 7) is 11.4. The van der Waals surface area contributed by atoms with E-state index in [1.54, 1.807) is 0 Å². The summed E-state index contributed by atoms with van der Waals surface area (Å²) in [4.78, 5) is 24.7. The number of hydrogen-bond donors (Lipinski definition) is 0. The van der Waals surface area contributed by atoms with Gasteiger partial charge >= 0.3 is 0 Å². The second-order valence-corrected chi connectivity index (χ2v) is 9.21. The van der Waals surface area contributed by atoms with Crippen LogP contribution in [0.3, 0.4) is 0 Å². The second kappa shape index (κ2) is 8.95. The Hall–Kier alpha value is -1.40. The quantitative estimate of drug-likeness (QED) is 0.776. The van der Waals surface area contributed by atoms with Gasteiger partial charge in [-0.1, -0.05) is 13.8 Å². The molecular formula is C22H36N4O2. The normalized spacial score (nSPS) is 25.7. The van der Waals surface area contributed by atoms with Crippen LogP contribution in [0.4, 0.5) is 0 Å². The number of likely N-dealkylation sites (tertiary alicyclic amines) is 3. The highest BCUT2D eigenvalue weighted by molar-refractivity contribution is 5.79. The SMILES string of the molecule is CC(C)c1nc(CN2CCC(N3CCCC(C(=O)N4CCCC4)C3)CC2)co1. The second-order valence-electron chi connectivity index (χ2n) is 9.21. The Morgan fingerprint density at radius 3 is 2.54 bits per heavy atom. The van der Waals surface area contributed by atoms with Crippen LogP contribution in [0.25, 0.3) is 0 Å². The molecule has 0 saturated carbocycles. The molecule has 1 atom stereocenters. The Kier molecular flexibility index (Phi) is 6.36. The highest BCUT2D eigenvalue weighted by Gasteiger charge is 2.34. The topological polar surface area (TPSA) is 52.8 Å². The van der Waals surface area contributed by atoms with Gasteiger partial charge in [0.15, 0.2) is 5.89 Å². The van der Waals surface area contributed by atoms with Gasteiger partial charge in [0.1, 0.15) is 6.26 Å². The fourth-order valence-corrected chi connectivity index (χ4v) is 5.07. The number of oxazole rings is 1. The molecule has 0 radical (unpaired) electrons. The zero-order valence-corrected chi connectivity index (χ0v) is 17.6. The number of rotatable bonds is 5. The van der Waals surface area contributed by atoms with Crippen LogP contribution in [0.5, 0.6) is 0 Å². The molecule has 1 amide bonds. The standard InChI is InChI=1S/C22H36N4O2/c1-17(2)21-23-19(16-28-21)15-24-12-7-20(8-13-24)26-11-5-6-18(14-26)22(27)25-9-3-4-10-25/h16-18,20H,3-15H2,1-2H3. The summed E-state index contributed by atoms with van der Waals surface area (Å²) in [5.74, 6) is 1.84. The molecule has 3 aliphatic heterocycles. The van der Waals surface area contributed by atoms with Crippen LogP contribution in [0, 0.1) is 5.92 Å². The summed E-state index contributed by atoms with van der Waals surface area (Å²) in [6.07, 6.45) is 8.83. The molecule has 28 heavy (non-hydrogen) atoms. The van der Waals surface area contributed by atoms with E-state index < -0.39 is 0 Å². The van der Waals surface area contributed by atoms with Crippen LogP contribution >= 0.6 is 0 Å². The van der Waals surface area contributed by atoms with E-state index in [1.165, 1.54) is 32.1 Å².